The molecule has 0 unspecified atom stereocenters. The van der Waals surface area contributed by atoms with Gasteiger partial charge in [0.1, 0.15) is 0 Å². The lowest BCUT2D eigenvalue weighted by atomic mass is 10.1. The highest BCUT2D eigenvalue weighted by Crippen LogP contribution is 2.19. The van der Waals surface area contributed by atoms with Gasteiger partial charge in [0.25, 0.3) is 11.8 Å². The molecule has 2 amide bonds. The van der Waals surface area contributed by atoms with Gasteiger partial charge in [0.05, 0.1) is 11.3 Å². The summed E-state index contributed by atoms with van der Waals surface area (Å²) < 4.78 is 0. The Morgan fingerprint density at radius 2 is 1.52 bits per heavy atom. The van der Waals surface area contributed by atoms with Gasteiger partial charge < -0.3 is 10.2 Å². The first-order valence-electron chi connectivity index (χ1n) is 8.50. The number of benzene rings is 3. The number of nitrogens with one attached hydrogen (secondary N) is 1. The van der Waals surface area contributed by atoms with Crippen LogP contribution in [0.3, 0.4) is 0 Å². The summed E-state index contributed by atoms with van der Waals surface area (Å²) in [7, 11) is 1.74. The molecule has 0 aromatic heterocycles. The topological polar surface area (TPSA) is 49.4 Å². The molecule has 27 heavy (non-hydrogen) atoms. The maximum absolute atomic E-state index is 12.9. The van der Waals surface area contributed by atoms with E-state index in [9.17, 15) is 9.59 Å². The molecule has 0 saturated carbocycles. The van der Waals surface area contributed by atoms with E-state index < -0.39 is 0 Å². The fourth-order valence-corrected chi connectivity index (χ4v) is 2.84. The third kappa shape index (κ3) is 4.74. The van der Waals surface area contributed by atoms with Crippen molar-refractivity contribution >= 4 is 29.1 Å². The quantitative estimate of drug-likeness (QED) is 0.688. The molecule has 0 fully saturated rings. The molecule has 1 N–H and O–H groups in total. The highest BCUT2D eigenvalue weighted by molar-refractivity contribution is 6.30. The summed E-state index contributed by atoms with van der Waals surface area (Å²) in [6.07, 6.45) is 0. The van der Waals surface area contributed by atoms with Crippen LogP contribution in [0.15, 0.2) is 78.9 Å². The zero-order chi connectivity index (χ0) is 19.2. The van der Waals surface area contributed by atoms with Crippen LogP contribution in [0, 0.1) is 0 Å². The van der Waals surface area contributed by atoms with Crippen molar-refractivity contribution in [3.63, 3.8) is 0 Å². The highest BCUT2D eigenvalue weighted by atomic mass is 35.5. The van der Waals surface area contributed by atoms with Crippen molar-refractivity contribution in [3.05, 3.63) is 101 Å². The average Bonchev–Trinajstić information content (AvgIpc) is 2.69. The predicted molar refractivity (Wildman–Crippen MR) is 108 cm³/mol. The number of nitrogens with zero attached hydrogens (tertiary/aromatic N) is 1. The summed E-state index contributed by atoms with van der Waals surface area (Å²) >= 11 is 5.86. The summed E-state index contributed by atoms with van der Waals surface area (Å²) in [4.78, 5) is 27.0. The van der Waals surface area contributed by atoms with Gasteiger partial charge in [-0.3, -0.25) is 9.59 Å². The van der Waals surface area contributed by atoms with Crippen LogP contribution < -0.4 is 5.32 Å². The molecule has 0 bridgehead atoms. The van der Waals surface area contributed by atoms with E-state index in [1.807, 2.05) is 30.3 Å². The Kier molecular flexibility index (Phi) is 5.89. The molecule has 0 aliphatic rings. The first-order chi connectivity index (χ1) is 13.0. The van der Waals surface area contributed by atoms with Crippen LogP contribution >= 0.6 is 11.6 Å². The number of hydrogen-bond donors (Lipinski definition) is 1. The van der Waals surface area contributed by atoms with Gasteiger partial charge in [0, 0.05) is 24.2 Å². The molecular weight excluding hydrogens is 360 g/mol. The van der Waals surface area contributed by atoms with E-state index in [0.29, 0.717) is 28.4 Å². The molecule has 0 radical (unpaired) electrons. The Balaban J connectivity index is 1.77. The average molecular weight is 379 g/mol. The number of hydrogen-bond acceptors (Lipinski definition) is 2. The Bertz CT molecular complexity index is 940. The summed E-state index contributed by atoms with van der Waals surface area (Å²) in [5.74, 6) is -0.455. The Morgan fingerprint density at radius 1 is 0.889 bits per heavy atom. The minimum Gasteiger partial charge on any atom is -0.337 e. The van der Waals surface area contributed by atoms with E-state index in [4.69, 9.17) is 11.6 Å². The summed E-state index contributed by atoms with van der Waals surface area (Å²) in [6.45, 7) is 0.485. The molecule has 0 aliphatic carbocycles. The van der Waals surface area contributed by atoms with Crippen molar-refractivity contribution in [2.75, 3.05) is 12.4 Å². The smallest absolute Gasteiger partial charge is 0.256 e. The molecule has 0 spiro atoms. The second-order valence-corrected chi connectivity index (χ2v) is 6.59. The van der Waals surface area contributed by atoms with Gasteiger partial charge in [-0.25, -0.2) is 0 Å². The Hall–Kier alpha value is -3.11. The van der Waals surface area contributed by atoms with E-state index in [0.717, 1.165) is 5.56 Å². The van der Waals surface area contributed by atoms with Crippen LogP contribution in [0.4, 0.5) is 5.69 Å². The monoisotopic (exact) mass is 378 g/mol. The van der Waals surface area contributed by atoms with E-state index in [2.05, 4.69) is 5.32 Å². The lowest BCUT2D eigenvalue weighted by Gasteiger charge is -2.19. The van der Waals surface area contributed by atoms with Crippen molar-refractivity contribution in [1.29, 1.82) is 0 Å². The zero-order valence-electron chi connectivity index (χ0n) is 14.9. The van der Waals surface area contributed by atoms with Crippen LogP contribution in [-0.2, 0) is 6.54 Å². The van der Waals surface area contributed by atoms with E-state index >= 15 is 0 Å². The SMILES string of the molecule is CN(Cc1ccccc1)C(=O)c1ccccc1NC(=O)c1ccc(Cl)cc1. The van der Waals surface area contributed by atoms with Gasteiger partial charge in [-0.05, 0) is 42.0 Å². The standard InChI is InChI=1S/C22H19ClN2O2/c1-25(15-16-7-3-2-4-8-16)22(27)19-9-5-6-10-20(19)24-21(26)17-11-13-18(23)14-12-17/h2-14H,15H2,1H3,(H,24,26). The molecule has 4 nitrogen and oxygen atoms in total. The number of carbonyl (C=O) groups excluding carboxylic acids is 2. The molecule has 136 valence electrons. The van der Waals surface area contributed by atoms with Gasteiger partial charge in [-0.2, -0.15) is 0 Å². The van der Waals surface area contributed by atoms with E-state index in [1.54, 1.807) is 60.5 Å². The predicted octanol–water partition coefficient (Wildman–Crippen LogP) is 4.86. The van der Waals surface area contributed by atoms with Crippen molar-refractivity contribution in [1.82, 2.24) is 4.90 Å². The van der Waals surface area contributed by atoms with Gasteiger partial charge in [0.2, 0.25) is 0 Å². The summed E-state index contributed by atoms with van der Waals surface area (Å²) in [5.41, 5.74) is 2.43. The third-order valence-electron chi connectivity index (χ3n) is 4.12. The summed E-state index contributed by atoms with van der Waals surface area (Å²) in [6, 6.07) is 23.3. The third-order valence-corrected chi connectivity index (χ3v) is 4.37. The second kappa shape index (κ2) is 8.52. The molecule has 3 aromatic rings. The molecule has 0 aliphatic heterocycles. The van der Waals surface area contributed by atoms with Crippen LogP contribution in [0.1, 0.15) is 26.3 Å². The van der Waals surface area contributed by atoms with Crippen LogP contribution in [0.2, 0.25) is 5.02 Å². The molecule has 0 saturated heterocycles. The Labute approximate surface area is 163 Å². The van der Waals surface area contributed by atoms with Crippen molar-refractivity contribution in [2.45, 2.75) is 6.54 Å². The Morgan fingerprint density at radius 3 is 2.22 bits per heavy atom. The van der Waals surface area contributed by atoms with E-state index in [-0.39, 0.29) is 11.8 Å². The molecule has 0 atom stereocenters. The fourth-order valence-electron chi connectivity index (χ4n) is 2.71. The van der Waals surface area contributed by atoms with Crippen molar-refractivity contribution < 1.29 is 9.59 Å². The molecule has 3 aromatic carbocycles. The van der Waals surface area contributed by atoms with Gasteiger partial charge in [-0.1, -0.05) is 54.1 Å². The largest absolute Gasteiger partial charge is 0.337 e. The van der Waals surface area contributed by atoms with Gasteiger partial charge in [0.15, 0.2) is 0 Å². The molecule has 0 heterocycles. The lowest BCUT2D eigenvalue weighted by molar-refractivity contribution is 0.0786. The molecule has 5 heteroatoms. The number of halogens is 1. The van der Waals surface area contributed by atoms with Crippen molar-refractivity contribution in [2.24, 2.45) is 0 Å². The minimum atomic E-state index is -0.294. The zero-order valence-corrected chi connectivity index (χ0v) is 15.6. The number of rotatable bonds is 5. The molecule has 3 rings (SSSR count). The number of anilines is 1. The maximum atomic E-state index is 12.9. The van der Waals surface area contributed by atoms with Crippen LogP contribution in [0.5, 0.6) is 0 Å². The summed E-state index contributed by atoms with van der Waals surface area (Å²) in [5, 5.41) is 3.38. The number of carbonyl (C=O) groups is 2. The van der Waals surface area contributed by atoms with Gasteiger partial charge >= 0.3 is 0 Å². The second-order valence-electron chi connectivity index (χ2n) is 6.15. The first kappa shape index (κ1) is 18.7. The number of para-hydroxylation sites is 1. The van der Waals surface area contributed by atoms with Crippen molar-refractivity contribution in [3.8, 4) is 0 Å². The lowest BCUT2D eigenvalue weighted by Crippen LogP contribution is -2.27. The molecular formula is C22H19ClN2O2. The normalized spacial score (nSPS) is 10.3. The highest BCUT2D eigenvalue weighted by Gasteiger charge is 2.17. The van der Waals surface area contributed by atoms with Gasteiger partial charge in [-0.15, -0.1) is 0 Å². The fraction of sp³-hybridized carbons (Fsp3) is 0.0909. The van der Waals surface area contributed by atoms with E-state index in [1.165, 1.54) is 0 Å². The minimum absolute atomic E-state index is 0.161. The maximum Gasteiger partial charge on any atom is 0.256 e. The first-order valence-corrected chi connectivity index (χ1v) is 8.88. The van der Waals surface area contributed by atoms with Crippen LogP contribution in [0.25, 0.3) is 0 Å². The number of amides is 2. The van der Waals surface area contributed by atoms with Crippen LogP contribution in [-0.4, -0.2) is 23.8 Å².